The van der Waals surface area contributed by atoms with Gasteiger partial charge in [-0.25, -0.2) is 0 Å². The Morgan fingerprint density at radius 3 is 3.06 bits per heavy atom. The summed E-state index contributed by atoms with van der Waals surface area (Å²) in [5.41, 5.74) is 3.93. The predicted octanol–water partition coefficient (Wildman–Crippen LogP) is 1.35. The van der Waals surface area contributed by atoms with E-state index < -0.39 is 0 Å². The third kappa shape index (κ3) is 1.91. The van der Waals surface area contributed by atoms with Crippen molar-refractivity contribution in [3.63, 3.8) is 0 Å². The van der Waals surface area contributed by atoms with Crippen molar-refractivity contribution in [1.29, 1.82) is 0 Å². The fourth-order valence-corrected chi connectivity index (χ4v) is 2.61. The van der Waals surface area contributed by atoms with Crippen LogP contribution in [0, 0.1) is 0 Å². The lowest BCUT2D eigenvalue weighted by atomic mass is 10.1. The summed E-state index contributed by atoms with van der Waals surface area (Å²) in [5.74, 6) is 0. The molecule has 3 nitrogen and oxygen atoms in total. The molecule has 2 aliphatic rings. The van der Waals surface area contributed by atoms with Crippen LogP contribution in [0.15, 0.2) is 24.4 Å². The Hall–Kier alpha value is -1.48. The average Bonchev–Trinajstić information content (AvgIpc) is 2.39. The summed E-state index contributed by atoms with van der Waals surface area (Å²) >= 11 is 0. The molecule has 0 aromatic carbocycles. The molecule has 0 unspecified atom stereocenters. The van der Waals surface area contributed by atoms with Gasteiger partial charge in [0.1, 0.15) is 6.21 Å². The molecule has 0 aliphatic carbocycles. The fourth-order valence-electron chi connectivity index (χ4n) is 2.61. The maximum Gasteiger partial charge on any atom is 0.277 e. The standard InChI is InChI=1S/C14H18N2O/c1-17-11-12-5-6-14-13-4-2-3-7-15(13)8-9-16(14)10-12/h4-7,10H,2-3,8-9,11H2,1H3/q+2. The number of fused-ring (bicyclic) bond motifs is 3. The van der Waals surface area contributed by atoms with E-state index in [1.807, 2.05) is 0 Å². The Labute approximate surface area is 102 Å². The molecule has 0 fully saturated rings. The van der Waals surface area contributed by atoms with Crippen LogP contribution in [0.2, 0.25) is 0 Å². The second kappa shape index (κ2) is 4.41. The summed E-state index contributed by atoms with van der Waals surface area (Å²) in [4.78, 5) is 0. The van der Waals surface area contributed by atoms with Gasteiger partial charge in [0.25, 0.3) is 11.4 Å². The zero-order valence-corrected chi connectivity index (χ0v) is 10.2. The number of hydrogen-bond donors (Lipinski definition) is 0. The van der Waals surface area contributed by atoms with Crippen LogP contribution in [0.1, 0.15) is 24.1 Å². The Morgan fingerprint density at radius 2 is 2.18 bits per heavy atom. The van der Waals surface area contributed by atoms with E-state index in [9.17, 15) is 0 Å². The summed E-state index contributed by atoms with van der Waals surface area (Å²) in [6.45, 7) is 2.83. The van der Waals surface area contributed by atoms with Crippen LogP contribution in [-0.2, 0) is 17.9 Å². The Morgan fingerprint density at radius 1 is 1.24 bits per heavy atom. The lowest BCUT2D eigenvalue weighted by molar-refractivity contribution is -0.736. The molecule has 1 aromatic rings. The Kier molecular flexibility index (Phi) is 2.77. The van der Waals surface area contributed by atoms with Crippen LogP contribution >= 0.6 is 0 Å². The van der Waals surface area contributed by atoms with Crippen LogP contribution in [0.5, 0.6) is 0 Å². The van der Waals surface area contributed by atoms with E-state index in [1.54, 1.807) is 7.11 Å². The number of pyridine rings is 1. The van der Waals surface area contributed by atoms with Gasteiger partial charge in [-0.1, -0.05) is 0 Å². The lowest BCUT2D eigenvalue weighted by Crippen LogP contribution is -2.47. The van der Waals surface area contributed by atoms with E-state index in [2.05, 4.69) is 39.8 Å². The number of rotatable bonds is 2. The Bertz CT molecular complexity index is 503. The second-order valence-electron chi connectivity index (χ2n) is 4.59. The number of aromatic nitrogens is 1. The molecular formula is C14H18N2O+2. The molecule has 2 aliphatic heterocycles. The maximum absolute atomic E-state index is 5.18. The van der Waals surface area contributed by atoms with Crippen molar-refractivity contribution in [2.75, 3.05) is 13.7 Å². The van der Waals surface area contributed by atoms with E-state index in [4.69, 9.17) is 4.74 Å². The van der Waals surface area contributed by atoms with Gasteiger partial charge in [-0.15, -0.1) is 0 Å². The first-order chi connectivity index (χ1) is 8.38. The molecule has 0 radical (unpaired) electrons. The highest BCUT2D eigenvalue weighted by molar-refractivity contribution is 5.64. The molecule has 0 spiro atoms. The first-order valence-electron chi connectivity index (χ1n) is 6.20. The van der Waals surface area contributed by atoms with E-state index in [0.29, 0.717) is 6.61 Å². The first-order valence-corrected chi connectivity index (χ1v) is 6.20. The largest absolute Gasteiger partial charge is 0.380 e. The summed E-state index contributed by atoms with van der Waals surface area (Å²) in [7, 11) is 1.74. The number of methoxy groups -OCH3 is 1. The third-order valence-electron chi connectivity index (χ3n) is 3.40. The molecule has 0 atom stereocenters. The SMILES string of the molecule is COCc1ccc2[n+](c1)CC[N+]1=CCCC=C21. The molecule has 0 N–H and O–H groups in total. The monoisotopic (exact) mass is 230 g/mol. The summed E-state index contributed by atoms with van der Waals surface area (Å²) < 4.78 is 9.91. The topological polar surface area (TPSA) is 16.1 Å². The third-order valence-corrected chi connectivity index (χ3v) is 3.40. The fraction of sp³-hybridized carbons (Fsp3) is 0.429. The molecule has 3 heterocycles. The van der Waals surface area contributed by atoms with Crippen LogP contribution in [-0.4, -0.2) is 24.4 Å². The number of nitrogens with zero attached hydrogens (tertiary/aromatic N) is 2. The molecular weight excluding hydrogens is 212 g/mol. The molecule has 0 saturated carbocycles. The van der Waals surface area contributed by atoms with Crippen LogP contribution in [0.4, 0.5) is 0 Å². The minimum absolute atomic E-state index is 0.690. The molecule has 1 aromatic heterocycles. The van der Waals surface area contributed by atoms with E-state index in [-0.39, 0.29) is 0 Å². The number of hydrogen-bond acceptors (Lipinski definition) is 1. The minimum Gasteiger partial charge on any atom is -0.380 e. The number of ether oxygens (including phenoxy) is 1. The van der Waals surface area contributed by atoms with Gasteiger partial charge < -0.3 is 4.74 Å². The van der Waals surface area contributed by atoms with Crippen molar-refractivity contribution in [3.05, 3.63) is 35.7 Å². The molecule has 0 bridgehead atoms. The van der Waals surface area contributed by atoms with Crippen LogP contribution in [0.25, 0.3) is 5.70 Å². The van der Waals surface area contributed by atoms with Gasteiger partial charge in [0.05, 0.1) is 6.61 Å². The Balaban J connectivity index is 2.01. The zero-order chi connectivity index (χ0) is 11.7. The smallest absolute Gasteiger partial charge is 0.277 e. The van der Waals surface area contributed by atoms with Gasteiger partial charge >= 0.3 is 0 Å². The second-order valence-corrected chi connectivity index (χ2v) is 4.59. The molecule has 88 valence electrons. The maximum atomic E-state index is 5.18. The first kappa shape index (κ1) is 10.7. The van der Waals surface area contributed by atoms with Crippen molar-refractivity contribution >= 4 is 11.9 Å². The van der Waals surface area contributed by atoms with Gasteiger partial charge in [-0.2, -0.15) is 9.14 Å². The lowest BCUT2D eigenvalue weighted by Gasteiger charge is -2.14. The normalized spacial score (nSPS) is 17.9. The zero-order valence-electron chi connectivity index (χ0n) is 10.2. The van der Waals surface area contributed by atoms with Crippen molar-refractivity contribution in [3.8, 4) is 0 Å². The van der Waals surface area contributed by atoms with Gasteiger partial charge in [-0.3, -0.25) is 0 Å². The van der Waals surface area contributed by atoms with Crippen molar-refractivity contribution in [1.82, 2.24) is 0 Å². The van der Waals surface area contributed by atoms with Gasteiger partial charge in [0.15, 0.2) is 6.20 Å². The van der Waals surface area contributed by atoms with Crippen molar-refractivity contribution in [2.45, 2.75) is 26.0 Å². The van der Waals surface area contributed by atoms with Crippen molar-refractivity contribution < 1.29 is 13.9 Å². The summed E-state index contributed by atoms with van der Waals surface area (Å²) in [6.07, 6.45) is 9.21. The van der Waals surface area contributed by atoms with Crippen LogP contribution in [0.3, 0.4) is 0 Å². The number of allylic oxidation sites excluding steroid dienone is 1. The summed E-state index contributed by atoms with van der Waals surface area (Å²) in [5, 5.41) is 0. The minimum atomic E-state index is 0.690. The quantitative estimate of drug-likeness (QED) is 0.701. The van der Waals surface area contributed by atoms with Crippen molar-refractivity contribution in [2.24, 2.45) is 0 Å². The molecule has 3 heteroatoms. The van der Waals surface area contributed by atoms with Crippen LogP contribution < -0.4 is 4.57 Å². The van der Waals surface area contributed by atoms with E-state index >= 15 is 0 Å². The van der Waals surface area contributed by atoms with Gasteiger partial charge in [0.2, 0.25) is 13.1 Å². The van der Waals surface area contributed by atoms with E-state index in [0.717, 1.165) is 19.5 Å². The highest BCUT2D eigenvalue weighted by Crippen LogP contribution is 2.19. The summed E-state index contributed by atoms with van der Waals surface area (Å²) in [6, 6.07) is 4.37. The molecule has 0 saturated heterocycles. The highest BCUT2D eigenvalue weighted by atomic mass is 16.5. The molecule has 3 rings (SSSR count). The average molecular weight is 230 g/mol. The molecule has 17 heavy (non-hydrogen) atoms. The highest BCUT2D eigenvalue weighted by Gasteiger charge is 2.32. The predicted molar refractivity (Wildman–Crippen MR) is 65.8 cm³/mol. The van der Waals surface area contributed by atoms with E-state index in [1.165, 1.54) is 23.4 Å². The van der Waals surface area contributed by atoms with Gasteiger partial charge in [-0.05, 0) is 18.6 Å². The van der Waals surface area contributed by atoms with Gasteiger partial charge in [0, 0.05) is 25.2 Å². The molecule has 0 amide bonds.